The van der Waals surface area contributed by atoms with Gasteiger partial charge in [-0.3, -0.25) is 9.59 Å². The van der Waals surface area contributed by atoms with Gasteiger partial charge < -0.3 is 10.6 Å². The number of nitrogens with one attached hydrogen (secondary N) is 2. The number of rotatable bonds is 5. The van der Waals surface area contributed by atoms with Crippen molar-refractivity contribution in [2.24, 2.45) is 0 Å². The topological polar surface area (TPSA) is 58.2 Å². The third-order valence-electron chi connectivity index (χ3n) is 3.69. The summed E-state index contributed by atoms with van der Waals surface area (Å²) in [5.74, 6) is -0.977. The molecule has 0 aliphatic carbocycles. The molecule has 132 valence electrons. The van der Waals surface area contributed by atoms with Crippen LogP contribution in [0.2, 0.25) is 0 Å². The van der Waals surface area contributed by atoms with E-state index in [1.54, 1.807) is 30.3 Å². The molecule has 0 bridgehead atoms. The van der Waals surface area contributed by atoms with E-state index in [4.69, 9.17) is 0 Å². The normalized spacial score (nSPS) is 10.4. The lowest BCUT2D eigenvalue weighted by atomic mass is 10.1. The summed E-state index contributed by atoms with van der Waals surface area (Å²) in [5, 5.41) is 5.59. The number of benzene rings is 2. The average molecular weight is 368 g/mol. The Bertz CT molecular complexity index is 952. The third-order valence-corrected chi connectivity index (χ3v) is 4.69. The average Bonchev–Trinajstić information content (AvgIpc) is 3.06. The minimum Gasteiger partial charge on any atom is -0.347 e. The molecule has 0 saturated carbocycles. The first-order valence-electron chi connectivity index (χ1n) is 8.02. The van der Waals surface area contributed by atoms with Crippen LogP contribution in [0.5, 0.6) is 0 Å². The highest BCUT2D eigenvalue weighted by Gasteiger charge is 2.09. The summed E-state index contributed by atoms with van der Waals surface area (Å²) in [6.45, 7) is 2.30. The molecule has 0 atom stereocenters. The fraction of sp³-hybridized carbons (Fsp3) is 0.100. The molecule has 0 aliphatic rings. The summed E-state index contributed by atoms with van der Waals surface area (Å²) < 4.78 is 13.2. The van der Waals surface area contributed by atoms with Gasteiger partial charge in [0, 0.05) is 22.7 Å². The predicted octanol–water partition coefficient (Wildman–Crippen LogP) is 4.38. The summed E-state index contributed by atoms with van der Waals surface area (Å²) in [5.41, 5.74) is 1.68. The van der Waals surface area contributed by atoms with Crippen LogP contribution in [0.25, 0.3) is 0 Å². The first kappa shape index (κ1) is 17.8. The monoisotopic (exact) mass is 368 g/mol. The molecule has 0 saturated heterocycles. The minimum absolute atomic E-state index is 0.128. The van der Waals surface area contributed by atoms with E-state index in [0.717, 1.165) is 10.4 Å². The summed E-state index contributed by atoms with van der Waals surface area (Å²) in [6, 6.07) is 16.4. The van der Waals surface area contributed by atoms with Crippen LogP contribution in [-0.4, -0.2) is 11.8 Å². The van der Waals surface area contributed by atoms with Gasteiger partial charge >= 0.3 is 0 Å². The molecule has 0 fully saturated rings. The molecule has 2 aromatic carbocycles. The maximum Gasteiger partial charge on any atom is 0.261 e. The molecule has 6 heteroatoms. The number of amides is 2. The fourth-order valence-electron chi connectivity index (χ4n) is 2.42. The lowest BCUT2D eigenvalue weighted by Crippen LogP contribution is -2.21. The molecule has 4 nitrogen and oxygen atoms in total. The molecule has 0 spiro atoms. The summed E-state index contributed by atoms with van der Waals surface area (Å²) >= 11 is 1.44. The second kappa shape index (κ2) is 7.93. The van der Waals surface area contributed by atoms with Crippen molar-refractivity contribution < 1.29 is 14.0 Å². The van der Waals surface area contributed by atoms with Gasteiger partial charge in [0.05, 0.1) is 4.88 Å². The summed E-state index contributed by atoms with van der Waals surface area (Å²) in [4.78, 5) is 26.0. The summed E-state index contributed by atoms with van der Waals surface area (Å²) in [6.07, 6.45) is 0. The van der Waals surface area contributed by atoms with E-state index in [1.165, 1.54) is 29.5 Å². The van der Waals surface area contributed by atoms with Crippen LogP contribution in [0.3, 0.4) is 0 Å². The number of carbonyl (C=O) groups excluding carboxylic acids is 2. The molecule has 0 aliphatic heterocycles. The van der Waals surface area contributed by atoms with E-state index >= 15 is 0 Å². The van der Waals surface area contributed by atoms with Crippen molar-refractivity contribution >= 4 is 28.8 Å². The zero-order valence-corrected chi connectivity index (χ0v) is 14.9. The number of hydrogen-bond acceptors (Lipinski definition) is 3. The molecule has 2 amide bonds. The van der Waals surface area contributed by atoms with Crippen molar-refractivity contribution in [2.45, 2.75) is 13.5 Å². The van der Waals surface area contributed by atoms with Gasteiger partial charge in [-0.15, -0.1) is 11.3 Å². The maximum atomic E-state index is 13.2. The predicted molar refractivity (Wildman–Crippen MR) is 101 cm³/mol. The van der Waals surface area contributed by atoms with E-state index in [-0.39, 0.29) is 17.4 Å². The van der Waals surface area contributed by atoms with Gasteiger partial charge in [-0.2, -0.15) is 0 Å². The van der Waals surface area contributed by atoms with Gasteiger partial charge in [-0.1, -0.05) is 18.2 Å². The highest BCUT2D eigenvalue weighted by Crippen LogP contribution is 2.16. The van der Waals surface area contributed by atoms with Crippen LogP contribution >= 0.6 is 11.3 Å². The fourth-order valence-corrected chi connectivity index (χ4v) is 3.20. The third kappa shape index (κ3) is 4.55. The SMILES string of the molecule is Cc1ccc(C(=O)NCc2cccc(NC(=O)c3cccc(F)c3)c2)s1. The standard InChI is InChI=1S/C20H17FN2O2S/c1-13-8-9-18(26-13)20(25)22-12-14-4-2-7-17(10-14)23-19(24)15-5-3-6-16(21)11-15/h2-11H,12H2,1H3,(H,22,25)(H,23,24). The van der Waals surface area contributed by atoms with E-state index < -0.39 is 5.82 Å². The second-order valence-electron chi connectivity index (χ2n) is 5.76. The Kier molecular flexibility index (Phi) is 5.43. The van der Waals surface area contributed by atoms with E-state index in [2.05, 4.69) is 10.6 Å². The number of hydrogen-bond donors (Lipinski definition) is 2. The molecular formula is C20H17FN2O2S. The lowest BCUT2D eigenvalue weighted by Gasteiger charge is -2.08. The van der Waals surface area contributed by atoms with E-state index in [9.17, 15) is 14.0 Å². The highest BCUT2D eigenvalue weighted by molar-refractivity contribution is 7.13. The Labute approximate surface area is 154 Å². The Morgan fingerprint density at radius 2 is 1.81 bits per heavy atom. The highest BCUT2D eigenvalue weighted by atomic mass is 32.1. The van der Waals surface area contributed by atoms with E-state index in [1.807, 2.05) is 19.1 Å². The second-order valence-corrected chi connectivity index (χ2v) is 7.05. The zero-order chi connectivity index (χ0) is 18.5. The molecule has 2 N–H and O–H groups in total. The van der Waals surface area contributed by atoms with E-state index in [0.29, 0.717) is 17.1 Å². The summed E-state index contributed by atoms with van der Waals surface area (Å²) in [7, 11) is 0. The molecule has 0 unspecified atom stereocenters. The van der Waals surface area contributed by atoms with Crippen molar-refractivity contribution in [1.82, 2.24) is 5.32 Å². The van der Waals surface area contributed by atoms with Gasteiger partial charge in [0.15, 0.2) is 0 Å². The Morgan fingerprint density at radius 1 is 1.00 bits per heavy atom. The number of aryl methyl sites for hydroxylation is 1. The van der Waals surface area contributed by atoms with Gasteiger partial charge in [0.1, 0.15) is 5.82 Å². The maximum absolute atomic E-state index is 13.2. The Morgan fingerprint density at radius 3 is 2.54 bits per heavy atom. The number of thiophene rings is 1. The number of halogens is 1. The molecule has 26 heavy (non-hydrogen) atoms. The number of carbonyl (C=O) groups is 2. The molecule has 1 heterocycles. The minimum atomic E-state index is -0.460. The van der Waals surface area contributed by atoms with Crippen LogP contribution in [-0.2, 0) is 6.54 Å². The van der Waals surface area contributed by atoms with Crippen molar-refractivity contribution in [3.05, 3.63) is 87.4 Å². The van der Waals surface area contributed by atoms with Crippen LogP contribution in [0.15, 0.2) is 60.7 Å². The quantitative estimate of drug-likeness (QED) is 0.702. The van der Waals surface area contributed by atoms with Crippen molar-refractivity contribution in [3.8, 4) is 0 Å². The van der Waals surface area contributed by atoms with Gasteiger partial charge in [0.2, 0.25) is 0 Å². The van der Waals surface area contributed by atoms with Crippen molar-refractivity contribution in [3.63, 3.8) is 0 Å². The van der Waals surface area contributed by atoms with Crippen LogP contribution in [0, 0.1) is 12.7 Å². The molecule has 3 aromatic rings. The van der Waals surface area contributed by atoms with Crippen molar-refractivity contribution in [1.29, 1.82) is 0 Å². The Balaban J connectivity index is 1.62. The largest absolute Gasteiger partial charge is 0.347 e. The van der Waals surface area contributed by atoms with Crippen LogP contribution in [0.1, 0.15) is 30.5 Å². The van der Waals surface area contributed by atoms with Crippen molar-refractivity contribution in [2.75, 3.05) is 5.32 Å². The molecule has 3 rings (SSSR count). The lowest BCUT2D eigenvalue weighted by molar-refractivity contribution is 0.0954. The molecule has 0 radical (unpaired) electrons. The smallest absolute Gasteiger partial charge is 0.261 e. The van der Waals surface area contributed by atoms with Gasteiger partial charge in [0.25, 0.3) is 11.8 Å². The van der Waals surface area contributed by atoms with Gasteiger partial charge in [-0.05, 0) is 55.0 Å². The molecule has 1 aromatic heterocycles. The van der Waals surface area contributed by atoms with Crippen LogP contribution < -0.4 is 10.6 Å². The first-order valence-corrected chi connectivity index (χ1v) is 8.83. The van der Waals surface area contributed by atoms with Crippen LogP contribution in [0.4, 0.5) is 10.1 Å². The first-order chi connectivity index (χ1) is 12.5. The molecular weight excluding hydrogens is 351 g/mol. The van der Waals surface area contributed by atoms with Gasteiger partial charge in [-0.25, -0.2) is 4.39 Å². The number of anilines is 1. The Hall–Kier alpha value is -2.99. The zero-order valence-electron chi connectivity index (χ0n) is 14.1.